The third-order valence-electron chi connectivity index (χ3n) is 5.69. The first-order chi connectivity index (χ1) is 10.4. The van der Waals surface area contributed by atoms with E-state index in [1.807, 2.05) is 0 Å². The van der Waals surface area contributed by atoms with Crippen molar-refractivity contribution in [3.63, 3.8) is 0 Å². The summed E-state index contributed by atoms with van der Waals surface area (Å²) < 4.78 is 5.54. The molecule has 0 aromatic heterocycles. The number of likely N-dealkylation sites (tertiary alicyclic amines) is 1. The molecule has 2 rings (SSSR count). The normalized spacial score (nSPS) is 33.4. The lowest BCUT2D eigenvalue weighted by Gasteiger charge is -2.55. The molecule has 2 unspecified atom stereocenters. The van der Waals surface area contributed by atoms with Crippen LogP contribution in [0.1, 0.15) is 46.5 Å². The Kier molecular flexibility index (Phi) is 5.12. The third-order valence-corrected chi connectivity index (χ3v) is 5.69. The lowest BCUT2D eigenvalue weighted by Crippen LogP contribution is -2.65. The lowest BCUT2D eigenvalue weighted by molar-refractivity contribution is -0.147. The number of methoxy groups -OCH3 is 1. The Morgan fingerprint density at radius 2 is 1.95 bits per heavy atom. The zero-order chi connectivity index (χ0) is 16.5. The number of nitrogens with zero attached hydrogens (tertiary/aromatic N) is 1. The number of aliphatic hydroxyl groups excluding tert-OH is 1. The first-order valence-corrected chi connectivity index (χ1v) is 8.18. The van der Waals surface area contributed by atoms with E-state index in [9.17, 15) is 14.7 Å². The molecular formula is C16H28N2O4. The average molecular weight is 312 g/mol. The van der Waals surface area contributed by atoms with Crippen LogP contribution in [0, 0.1) is 5.41 Å². The first-order valence-electron chi connectivity index (χ1n) is 8.18. The summed E-state index contributed by atoms with van der Waals surface area (Å²) in [6.07, 6.45) is 2.56. The molecule has 0 aromatic rings. The van der Waals surface area contributed by atoms with Crippen molar-refractivity contribution in [1.82, 2.24) is 10.2 Å². The Labute approximate surface area is 132 Å². The van der Waals surface area contributed by atoms with Gasteiger partial charge in [-0.3, -0.25) is 9.59 Å². The van der Waals surface area contributed by atoms with Crippen molar-refractivity contribution in [3.8, 4) is 0 Å². The van der Waals surface area contributed by atoms with Crippen molar-refractivity contribution in [2.45, 2.75) is 70.7 Å². The molecule has 1 saturated carbocycles. The van der Waals surface area contributed by atoms with Crippen molar-refractivity contribution in [3.05, 3.63) is 0 Å². The maximum Gasteiger partial charge on any atom is 0.243 e. The van der Waals surface area contributed by atoms with Gasteiger partial charge in [0, 0.05) is 38.5 Å². The summed E-state index contributed by atoms with van der Waals surface area (Å²) in [7, 11) is 1.72. The van der Waals surface area contributed by atoms with Gasteiger partial charge in [0.2, 0.25) is 11.8 Å². The summed E-state index contributed by atoms with van der Waals surface area (Å²) in [6, 6.07) is -0.480. The summed E-state index contributed by atoms with van der Waals surface area (Å²) in [5, 5.41) is 12.9. The highest BCUT2D eigenvalue weighted by atomic mass is 16.5. The highest BCUT2D eigenvalue weighted by Gasteiger charge is 2.54. The van der Waals surface area contributed by atoms with Gasteiger partial charge in [0.25, 0.3) is 0 Å². The van der Waals surface area contributed by atoms with Crippen LogP contribution in [0.25, 0.3) is 0 Å². The number of nitrogens with one attached hydrogen (secondary N) is 1. The van der Waals surface area contributed by atoms with Gasteiger partial charge in [-0.1, -0.05) is 13.8 Å². The maximum atomic E-state index is 12.6. The number of carbonyl (C=O) groups excluding carboxylic acids is 2. The molecule has 0 bridgehead atoms. The minimum Gasteiger partial charge on any atom is -0.391 e. The van der Waals surface area contributed by atoms with E-state index >= 15 is 0 Å². The van der Waals surface area contributed by atoms with Crippen molar-refractivity contribution < 1.29 is 19.4 Å². The molecule has 0 radical (unpaired) electrons. The number of rotatable bonds is 5. The van der Waals surface area contributed by atoms with Crippen LogP contribution in [0.15, 0.2) is 0 Å². The molecule has 2 amide bonds. The Morgan fingerprint density at radius 3 is 2.45 bits per heavy atom. The van der Waals surface area contributed by atoms with Gasteiger partial charge in [0.15, 0.2) is 0 Å². The summed E-state index contributed by atoms with van der Waals surface area (Å²) in [6.45, 7) is 5.92. The van der Waals surface area contributed by atoms with Crippen LogP contribution < -0.4 is 5.32 Å². The fraction of sp³-hybridized carbons (Fsp3) is 0.875. The number of hydrogen-bond acceptors (Lipinski definition) is 4. The van der Waals surface area contributed by atoms with Crippen LogP contribution in [0.3, 0.4) is 0 Å². The van der Waals surface area contributed by atoms with Crippen LogP contribution in [0.2, 0.25) is 0 Å². The predicted molar refractivity (Wildman–Crippen MR) is 82.2 cm³/mol. The van der Waals surface area contributed by atoms with E-state index in [0.717, 1.165) is 19.3 Å². The van der Waals surface area contributed by atoms with Crippen molar-refractivity contribution in [1.29, 1.82) is 0 Å². The minimum absolute atomic E-state index is 0.0251. The second-order valence-corrected chi connectivity index (χ2v) is 6.54. The van der Waals surface area contributed by atoms with Gasteiger partial charge in [-0.25, -0.2) is 0 Å². The standard InChI is InChI=1S/C16H28N2O4/c1-5-16(6-2)13(8-14(16)22-4)17-15(21)12-7-11(20)9-18(12)10(3)19/h11-14,20H,5-9H2,1-4H3,(H,17,21)/t11-,12+,13?,14?/m0/s1. The molecule has 2 N–H and O–H groups in total. The van der Waals surface area contributed by atoms with E-state index < -0.39 is 12.1 Å². The Balaban J connectivity index is 2.04. The maximum absolute atomic E-state index is 12.6. The van der Waals surface area contributed by atoms with Gasteiger partial charge in [-0.2, -0.15) is 0 Å². The van der Waals surface area contributed by atoms with Gasteiger partial charge in [0.1, 0.15) is 6.04 Å². The molecule has 1 aliphatic carbocycles. The topological polar surface area (TPSA) is 78.9 Å². The van der Waals surface area contributed by atoms with E-state index in [-0.39, 0.29) is 35.9 Å². The number of hydrogen-bond donors (Lipinski definition) is 2. The SMILES string of the molecule is CCC1(CC)C(NC(=O)[C@H]2C[C@H](O)CN2C(C)=O)CC1OC. The lowest BCUT2D eigenvalue weighted by atomic mass is 9.58. The van der Waals surface area contributed by atoms with Gasteiger partial charge < -0.3 is 20.1 Å². The fourth-order valence-corrected chi connectivity index (χ4v) is 4.16. The molecule has 4 atom stereocenters. The summed E-state index contributed by atoms with van der Waals surface area (Å²) in [5.74, 6) is -0.324. The van der Waals surface area contributed by atoms with Crippen LogP contribution in [-0.4, -0.2) is 59.8 Å². The highest BCUT2D eigenvalue weighted by molar-refractivity contribution is 5.88. The first kappa shape index (κ1) is 17.2. The summed E-state index contributed by atoms with van der Waals surface area (Å²) in [5.41, 5.74) is -0.0251. The molecule has 0 aromatic carbocycles. The number of aliphatic hydroxyl groups is 1. The molecule has 1 heterocycles. The van der Waals surface area contributed by atoms with Gasteiger partial charge >= 0.3 is 0 Å². The largest absolute Gasteiger partial charge is 0.391 e. The van der Waals surface area contributed by atoms with Crippen LogP contribution in [0.5, 0.6) is 0 Å². The summed E-state index contributed by atoms with van der Waals surface area (Å²) in [4.78, 5) is 25.7. The molecule has 6 nitrogen and oxygen atoms in total. The molecular weight excluding hydrogens is 284 g/mol. The molecule has 1 saturated heterocycles. The Hall–Kier alpha value is -1.14. The monoisotopic (exact) mass is 312 g/mol. The number of ether oxygens (including phenoxy) is 1. The molecule has 2 fully saturated rings. The minimum atomic E-state index is -0.616. The average Bonchev–Trinajstić information content (AvgIpc) is 2.86. The predicted octanol–water partition coefficient (Wildman–Crippen LogP) is 0.678. The number of carbonyl (C=O) groups is 2. The van der Waals surface area contributed by atoms with Gasteiger partial charge in [-0.15, -0.1) is 0 Å². The van der Waals surface area contributed by atoms with E-state index in [1.54, 1.807) is 7.11 Å². The van der Waals surface area contributed by atoms with Crippen molar-refractivity contribution in [2.75, 3.05) is 13.7 Å². The van der Waals surface area contributed by atoms with E-state index in [2.05, 4.69) is 19.2 Å². The molecule has 1 aliphatic heterocycles. The van der Waals surface area contributed by atoms with Crippen molar-refractivity contribution >= 4 is 11.8 Å². The van der Waals surface area contributed by atoms with Crippen molar-refractivity contribution in [2.24, 2.45) is 5.41 Å². The quantitative estimate of drug-likeness (QED) is 0.782. The second kappa shape index (κ2) is 6.54. The van der Waals surface area contributed by atoms with Gasteiger partial charge in [0.05, 0.1) is 12.2 Å². The highest BCUT2D eigenvalue weighted by Crippen LogP contribution is 2.48. The molecule has 22 heavy (non-hydrogen) atoms. The van der Waals surface area contributed by atoms with Crippen LogP contribution >= 0.6 is 0 Å². The summed E-state index contributed by atoms with van der Waals surface area (Å²) >= 11 is 0. The molecule has 2 aliphatic rings. The Bertz CT molecular complexity index is 436. The van der Waals surface area contributed by atoms with E-state index in [0.29, 0.717) is 6.42 Å². The zero-order valence-electron chi connectivity index (χ0n) is 14.0. The smallest absolute Gasteiger partial charge is 0.243 e. The van der Waals surface area contributed by atoms with E-state index in [4.69, 9.17) is 4.74 Å². The molecule has 126 valence electrons. The Morgan fingerprint density at radius 1 is 1.32 bits per heavy atom. The fourth-order valence-electron chi connectivity index (χ4n) is 4.16. The van der Waals surface area contributed by atoms with Crippen LogP contribution in [-0.2, 0) is 14.3 Å². The number of β-amino-alcohol motifs (C(OH)–C–C–N with tert-alkyl or cyclic N) is 1. The second-order valence-electron chi connectivity index (χ2n) is 6.54. The van der Waals surface area contributed by atoms with Gasteiger partial charge in [-0.05, 0) is 19.3 Å². The molecule has 6 heteroatoms. The number of amides is 2. The molecule has 0 spiro atoms. The van der Waals surface area contributed by atoms with Crippen LogP contribution in [0.4, 0.5) is 0 Å². The third kappa shape index (κ3) is 2.74. The van der Waals surface area contributed by atoms with E-state index in [1.165, 1.54) is 11.8 Å². The zero-order valence-corrected chi connectivity index (χ0v) is 14.0.